The zero-order valence-electron chi connectivity index (χ0n) is 12.8. The third-order valence-corrected chi connectivity index (χ3v) is 4.60. The minimum Gasteiger partial charge on any atom is -0.387 e. The van der Waals surface area contributed by atoms with Crippen molar-refractivity contribution >= 4 is 14.7 Å². The van der Waals surface area contributed by atoms with E-state index < -0.39 is 11.5 Å². The van der Waals surface area contributed by atoms with Gasteiger partial charge in [0.1, 0.15) is 0 Å². The van der Waals surface area contributed by atoms with Gasteiger partial charge in [-0.2, -0.15) is 0 Å². The van der Waals surface area contributed by atoms with Gasteiger partial charge in [-0.1, -0.05) is 91.0 Å². The highest BCUT2D eigenvalue weighted by Crippen LogP contribution is 2.41. The topological polar surface area (TPSA) is 20.2 Å². The van der Waals surface area contributed by atoms with E-state index in [2.05, 4.69) is 45.3 Å². The molecule has 0 heterocycles. The Morgan fingerprint density at radius 2 is 0.957 bits per heavy atom. The van der Waals surface area contributed by atoms with Crippen LogP contribution in [0, 0.1) is 0 Å². The van der Waals surface area contributed by atoms with Gasteiger partial charge in [-0.15, -0.1) is 8.86 Å². The van der Waals surface area contributed by atoms with Crippen molar-refractivity contribution in [2.45, 2.75) is 11.5 Å². The Hall–Kier alpha value is -2.21. The number of benzene rings is 3. The number of aliphatic hydroxyl groups is 1. The molecular weight excluding hydrogens is 299 g/mol. The zero-order chi connectivity index (χ0) is 16.1. The first kappa shape index (κ1) is 15.7. The first-order chi connectivity index (χ1) is 11.3. The first-order valence-corrected chi connectivity index (χ1v) is 8.23. The predicted octanol–water partition coefficient (Wildman–Crippen LogP) is 4.33. The van der Waals surface area contributed by atoms with Gasteiger partial charge in [-0.3, -0.25) is 0 Å². The fraction of sp³-hybridized carbons (Fsp3) is 0.0952. The minimum absolute atomic E-state index is 0.661. The molecule has 0 aliphatic rings. The van der Waals surface area contributed by atoms with Gasteiger partial charge in [0.05, 0.1) is 11.5 Å². The number of aliphatic hydroxyl groups excluding tert-OH is 1. The van der Waals surface area contributed by atoms with Gasteiger partial charge in [0.2, 0.25) is 0 Å². The van der Waals surface area contributed by atoms with Crippen molar-refractivity contribution in [3.8, 4) is 0 Å². The summed E-state index contributed by atoms with van der Waals surface area (Å²) in [6.45, 7) is 0. The average Bonchev–Trinajstić information content (AvgIpc) is 2.65. The molecule has 2 heteroatoms. The molecule has 0 fully saturated rings. The van der Waals surface area contributed by atoms with Gasteiger partial charge in [0.15, 0.2) is 0 Å². The SMILES string of the molecule is OC(C=P)C(c1ccccc1)(c1ccccc1)c1ccccc1. The quantitative estimate of drug-likeness (QED) is 0.548. The summed E-state index contributed by atoms with van der Waals surface area (Å²) in [4.78, 5) is 0. The van der Waals surface area contributed by atoms with Crippen LogP contribution in [0.5, 0.6) is 0 Å². The molecule has 0 aliphatic carbocycles. The second kappa shape index (κ2) is 6.91. The highest BCUT2D eigenvalue weighted by atomic mass is 31.0. The molecular formula is C21H19OP. The lowest BCUT2D eigenvalue weighted by molar-refractivity contribution is 0.192. The monoisotopic (exact) mass is 318 g/mol. The van der Waals surface area contributed by atoms with Crippen LogP contribution in [-0.4, -0.2) is 17.0 Å². The van der Waals surface area contributed by atoms with E-state index in [1.165, 1.54) is 0 Å². The minimum atomic E-state index is -0.716. The van der Waals surface area contributed by atoms with E-state index in [4.69, 9.17) is 0 Å². The molecule has 0 amide bonds. The number of hydrogen-bond donors (Lipinski definition) is 1. The van der Waals surface area contributed by atoms with Crippen molar-refractivity contribution in [3.63, 3.8) is 0 Å². The van der Waals surface area contributed by atoms with Crippen molar-refractivity contribution in [2.75, 3.05) is 0 Å². The maximum absolute atomic E-state index is 11.0. The van der Waals surface area contributed by atoms with E-state index >= 15 is 0 Å². The standard InChI is InChI=1S/C21H19OP/c22-20(16-23)21(17-10-4-1-5-11-17,18-12-6-2-7-13-18)19-14-8-3-9-15-19/h1-16,20,22-23H. The van der Waals surface area contributed by atoms with E-state index in [9.17, 15) is 5.11 Å². The van der Waals surface area contributed by atoms with Crippen molar-refractivity contribution in [3.05, 3.63) is 108 Å². The van der Waals surface area contributed by atoms with Crippen LogP contribution in [0.4, 0.5) is 0 Å². The molecule has 0 aromatic heterocycles. The Morgan fingerprint density at radius 1 is 0.652 bits per heavy atom. The first-order valence-electron chi connectivity index (χ1n) is 7.65. The van der Waals surface area contributed by atoms with Crippen molar-refractivity contribution in [2.24, 2.45) is 0 Å². The Labute approximate surface area is 139 Å². The van der Waals surface area contributed by atoms with Crippen LogP contribution in [0.3, 0.4) is 0 Å². The van der Waals surface area contributed by atoms with Gasteiger partial charge in [0.25, 0.3) is 0 Å². The van der Waals surface area contributed by atoms with Crippen LogP contribution in [0.2, 0.25) is 0 Å². The van der Waals surface area contributed by atoms with Crippen molar-refractivity contribution in [1.82, 2.24) is 0 Å². The average molecular weight is 318 g/mol. The number of rotatable bonds is 5. The summed E-state index contributed by atoms with van der Waals surface area (Å²) in [5, 5.41) is 11.0. The lowest BCUT2D eigenvalue weighted by atomic mass is 9.66. The Balaban J connectivity index is 2.38. The molecule has 0 radical (unpaired) electrons. The van der Waals surface area contributed by atoms with Gasteiger partial charge in [0, 0.05) is 0 Å². The molecule has 3 rings (SSSR count). The summed E-state index contributed by atoms with van der Waals surface area (Å²) in [6.07, 6.45) is -0.716. The van der Waals surface area contributed by atoms with E-state index in [0.29, 0.717) is 0 Å². The molecule has 1 nitrogen and oxygen atoms in total. The summed E-state index contributed by atoms with van der Waals surface area (Å²) >= 11 is 0. The highest BCUT2D eigenvalue weighted by molar-refractivity contribution is 7.18. The van der Waals surface area contributed by atoms with Crippen LogP contribution >= 0.6 is 8.86 Å². The lowest BCUT2D eigenvalue weighted by Crippen LogP contribution is -2.42. The van der Waals surface area contributed by atoms with Crippen LogP contribution < -0.4 is 0 Å². The highest BCUT2D eigenvalue weighted by Gasteiger charge is 2.41. The van der Waals surface area contributed by atoms with Gasteiger partial charge in [-0.25, -0.2) is 0 Å². The summed E-state index contributed by atoms with van der Waals surface area (Å²) in [5.41, 5.74) is 2.50. The van der Waals surface area contributed by atoms with E-state index in [1.54, 1.807) is 5.80 Å². The largest absolute Gasteiger partial charge is 0.387 e. The lowest BCUT2D eigenvalue weighted by Gasteiger charge is -2.38. The summed E-state index contributed by atoms with van der Waals surface area (Å²) in [5.74, 6) is 1.67. The van der Waals surface area contributed by atoms with Crippen LogP contribution in [-0.2, 0) is 5.41 Å². The third kappa shape index (κ3) is 2.74. The molecule has 1 N–H and O–H groups in total. The van der Waals surface area contributed by atoms with Crippen molar-refractivity contribution < 1.29 is 5.11 Å². The molecule has 1 unspecified atom stereocenters. The second-order valence-corrected chi connectivity index (χ2v) is 5.85. The normalized spacial score (nSPS) is 12.6. The van der Waals surface area contributed by atoms with Crippen molar-refractivity contribution in [1.29, 1.82) is 0 Å². The summed E-state index contributed by atoms with van der Waals surface area (Å²) in [6, 6.07) is 30.5. The molecule has 3 aromatic rings. The zero-order valence-corrected chi connectivity index (χ0v) is 13.8. The number of hydrogen-bond acceptors (Lipinski definition) is 1. The Kier molecular flexibility index (Phi) is 4.71. The molecule has 3 aromatic carbocycles. The van der Waals surface area contributed by atoms with Crippen LogP contribution in [0.15, 0.2) is 91.0 Å². The molecule has 0 aliphatic heterocycles. The van der Waals surface area contributed by atoms with E-state index in [1.807, 2.05) is 54.6 Å². The predicted molar refractivity (Wildman–Crippen MR) is 99.6 cm³/mol. The Bertz CT molecular complexity index is 657. The molecule has 23 heavy (non-hydrogen) atoms. The van der Waals surface area contributed by atoms with Crippen LogP contribution in [0.25, 0.3) is 0 Å². The smallest absolute Gasteiger partial charge is 0.0938 e. The summed E-state index contributed by atoms with van der Waals surface area (Å²) in [7, 11) is 3.42. The third-order valence-electron chi connectivity index (χ3n) is 4.29. The summed E-state index contributed by atoms with van der Waals surface area (Å²) < 4.78 is 0. The molecule has 0 bridgehead atoms. The fourth-order valence-corrected chi connectivity index (χ4v) is 3.49. The van der Waals surface area contributed by atoms with E-state index in [0.717, 1.165) is 16.7 Å². The van der Waals surface area contributed by atoms with E-state index in [-0.39, 0.29) is 0 Å². The maximum atomic E-state index is 11.0. The Morgan fingerprint density at radius 3 is 1.22 bits per heavy atom. The van der Waals surface area contributed by atoms with Crippen LogP contribution in [0.1, 0.15) is 16.7 Å². The molecule has 114 valence electrons. The molecule has 0 spiro atoms. The molecule has 0 saturated carbocycles. The van der Waals surface area contributed by atoms with Gasteiger partial charge >= 0.3 is 0 Å². The maximum Gasteiger partial charge on any atom is 0.0938 e. The fourth-order valence-electron chi connectivity index (χ4n) is 3.24. The molecule has 0 saturated heterocycles. The second-order valence-electron chi connectivity index (χ2n) is 5.52. The van der Waals surface area contributed by atoms with Gasteiger partial charge < -0.3 is 5.11 Å². The molecule has 1 atom stereocenters. The van der Waals surface area contributed by atoms with Gasteiger partial charge in [-0.05, 0) is 22.5 Å².